The lowest BCUT2D eigenvalue weighted by Gasteiger charge is -2.29. The van der Waals surface area contributed by atoms with Gasteiger partial charge < -0.3 is 9.42 Å². The van der Waals surface area contributed by atoms with Gasteiger partial charge in [0.2, 0.25) is 17.6 Å². The number of hydrogen-bond donors (Lipinski definition) is 0. The minimum Gasteiger partial charge on any atom is -0.339 e. The number of aryl methyl sites for hydroxylation is 1. The van der Waals surface area contributed by atoms with Crippen molar-refractivity contribution in [3.8, 4) is 11.4 Å². The highest BCUT2D eigenvalue weighted by molar-refractivity contribution is 5.77. The van der Waals surface area contributed by atoms with Gasteiger partial charge in [-0.2, -0.15) is 4.98 Å². The highest BCUT2D eigenvalue weighted by Crippen LogP contribution is 2.23. The lowest BCUT2D eigenvalue weighted by Crippen LogP contribution is -2.35. The third-order valence-electron chi connectivity index (χ3n) is 5.91. The van der Waals surface area contributed by atoms with Crippen LogP contribution in [0, 0.1) is 10.1 Å². The van der Waals surface area contributed by atoms with Gasteiger partial charge >= 0.3 is 0 Å². The van der Waals surface area contributed by atoms with Crippen molar-refractivity contribution in [2.45, 2.75) is 32.2 Å². The van der Waals surface area contributed by atoms with Crippen molar-refractivity contribution in [1.29, 1.82) is 0 Å². The fourth-order valence-corrected chi connectivity index (χ4v) is 3.91. The Hall–Kier alpha value is -4.33. The van der Waals surface area contributed by atoms with Gasteiger partial charge in [-0.15, -0.1) is 0 Å². The third-order valence-corrected chi connectivity index (χ3v) is 5.91. The molecule has 1 atom stereocenters. The normalized spacial score (nSPS) is 11.7. The quantitative estimate of drug-likeness (QED) is 0.227. The number of nitrogens with zero attached hydrogens (tertiary/aromatic N) is 4. The van der Waals surface area contributed by atoms with Crippen molar-refractivity contribution >= 4 is 11.6 Å². The van der Waals surface area contributed by atoms with E-state index in [9.17, 15) is 14.9 Å². The first-order chi connectivity index (χ1) is 17.0. The van der Waals surface area contributed by atoms with E-state index >= 15 is 0 Å². The zero-order valence-corrected chi connectivity index (χ0v) is 19.4. The first kappa shape index (κ1) is 23.8. The molecule has 178 valence electrons. The fraction of sp³-hybridized carbons (Fsp3) is 0.222. The summed E-state index contributed by atoms with van der Waals surface area (Å²) in [5.41, 5.74) is 2.80. The van der Waals surface area contributed by atoms with Gasteiger partial charge in [0.15, 0.2) is 0 Å². The Morgan fingerprint density at radius 3 is 2.29 bits per heavy atom. The average Bonchev–Trinajstić information content (AvgIpc) is 3.37. The molecule has 8 nitrogen and oxygen atoms in total. The summed E-state index contributed by atoms with van der Waals surface area (Å²) in [5.74, 6) is 0.813. The summed E-state index contributed by atoms with van der Waals surface area (Å²) >= 11 is 0. The zero-order valence-electron chi connectivity index (χ0n) is 19.4. The van der Waals surface area contributed by atoms with E-state index in [4.69, 9.17) is 4.52 Å². The van der Waals surface area contributed by atoms with Crippen LogP contribution in [0.5, 0.6) is 0 Å². The fourth-order valence-electron chi connectivity index (χ4n) is 3.91. The Bertz CT molecular complexity index is 1260. The minimum absolute atomic E-state index is 0.00275. The van der Waals surface area contributed by atoms with Gasteiger partial charge in [-0.05, 0) is 36.6 Å². The highest BCUT2D eigenvalue weighted by atomic mass is 16.6. The Morgan fingerprint density at radius 1 is 0.971 bits per heavy atom. The van der Waals surface area contributed by atoms with Crippen LogP contribution in [0.1, 0.15) is 36.4 Å². The number of hydrogen-bond acceptors (Lipinski definition) is 6. The molecule has 1 aromatic heterocycles. The molecule has 0 saturated heterocycles. The molecule has 3 aromatic carbocycles. The summed E-state index contributed by atoms with van der Waals surface area (Å²) in [5, 5.41) is 14.9. The molecule has 35 heavy (non-hydrogen) atoms. The lowest BCUT2D eigenvalue weighted by molar-refractivity contribution is -0.384. The number of nitro benzene ring substituents is 1. The minimum atomic E-state index is -0.456. The number of aromatic nitrogens is 2. The molecule has 4 rings (SSSR count). The van der Waals surface area contributed by atoms with Crippen LogP contribution in [0.3, 0.4) is 0 Å². The Labute approximate surface area is 203 Å². The molecule has 0 aliphatic heterocycles. The first-order valence-corrected chi connectivity index (χ1v) is 11.5. The molecule has 4 aromatic rings. The smallest absolute Gasteiger partial charge is 0.269 e. The van der Waals surface area contributed by atoms with Crippen LogP contribution >= 0.6 is 0 Å². The topological polar surface area (TPSA) is 102 Å². The first-order valence-electron chi connectivity index (χ1n) is 11.5. The van der Waals surface area contributed by atoms with Gasteiger partial charge in [-0.25, -0.2) is 0 Å². The predicted octanol–water partition coefficient (Wildman–Crippen LogP) is 5.41. The van der Waals surface area contributed by atoms with E-state index < -0.39 is 4.92 Å². The summed E-state index contributed by atoms with van der Waals surface area (Å²) in [4.78, 5) is 30.0. The van der Waals surface area contributed by atoms with Crippen molar-refractivity contribution in [3.63, 3.8) is 0 Å². The number of rotatable bonds is 10. The summed E-state index contributed by atoms with van der Waals surface area (Å²) < 4.78 is 5.41. The molecule has 0 bridgehead atoms. The molecule has 1 amide bonds. The Morgan fingerprint density at radius 2 is 1.63 bits per heavy atom. The van der Waals surface area contributed by atoms with Gasteiger partial charge in [0.1, 0.15) is 0 Å². The van der Waals surface area contributed by atoms with Crippen molar-refractivity contribution in [2.24, 2.45) is 0 Å². The second-order valence-electron chi connectivity index (χ2n) is 8.23. The van der Waals surface area contributed by atoms with Crippen molar-refractivity contribution < 1.29 is 14.2 Å². The molecule has 0 radical (unpaired) electrons. The van der Waals surface area contributed by atoms with E-state index in [1.54, 1.807) is 12.1 Å². The van der Waals surface area contributed by atoms with Crippen LogP contribution < -0.4 is 0 Å². The number of non-ortho nitro benzene ring substituents is 1. The molecule has 0 spiro atoms. The van der Waals surface area contributed by atoms with Gasteiger partial charge in [-0.3, -0.25) is 14.9 Å². The monoisotopic (exact) mass is 470 g/mol. The molecule has 1 heterocycles. The average molecular weight is 471 g/mol. The Balaban J connectivity index is 1.46. The maximum absolute atomic E-state index is 13.3. The second kappa shape index (κ2) is 11.2. The maximum Gasteiger partial charge on any atom is 0.269 e. The van der Waals surface area contributed by atoms with Crippen LogP contribution in [0.4, 0.5) is 5.69 Å². The number of carbonyl (C=O) groups is 1. The zero-order chi connectivity index (χ0) is 24.6. The molecular formula is C27H26N4O4. The molecule has 0 unspecified atom stereocenters. The van der Waals surface area contributed by atoms with Gasteiger partial charge in [0, 0.05) is 37.1 Å². The van der Waals surface area contributed by atoms with Crippen LogP contribution in [-0.4, -0.2) is 32.4 Å². The molecule has 0 N–H and O–H groups in total. The largest absolute Gasteiger partial charge is 0.339 e. The van der Waals surface area contributed by atoms with Crippen LogP contribution in [0.2, 0.25) is 0 Å². The molecule has 0 fully saturated rings. The SMILES string of the molecule is C[C@H](c1ccccc1)N(CCc1nc(-c2ccc([N+](=O)[O-])cc2)no1)C(=O)CCc1ccccc1. The van der Waals surface area contributed by atoms with Gasteiger partial charge in [-0.1, -0.05) is 65.8 Å². The van der Waals surface area contributed by atoms with Crippen LogP contribution in [0.15, 0.2) is 89.5 Å². The van der Waals surface area contributed by atoms with Gasteiger partial charge in [0.25, 0.3) is 5.69 Å². The summed E-state index contributed by atoms with van der Waals surface area (Å²) in [7, 11) is 0. The third kappa shape index (κ3) is 6.17. The van der Waals surface area contributed by atoms with Crippen LogP contribution in [-0.2, 0) is 17.6 Å². The number of carbonyl (C=O) groups excluding carboxylic acids is 1. The lowest BCUT2D eigenvalue weighted by atomic mass is 10.0. The number of nitro groups is 1. The molecule has 0 aliphatic rings. The van der Waals surface area contributed by atoms with Crippen LogP contribution in [0.25, 0.3) is 11.4 Å². The van der Waals surface area contributed by atoms with E-state index in [1.807, 2.05) is 72.5 Å². The van der Waals surface area contributed by atoms with Crippen molar-refractivity contribution in [1.82, 2.24) is 15.0 Å². The van der Waals surface area contributed by atoms with Crippen molar-refractivity contribution in [3.05, 3.63) is 112 Å². The standard InChI is InChI=1S/C27H26N4O4/c1-20(22-10-6-3-7-11-22)30(26(32)17-12-21-8-4-2-5-9-21)19-18-25-28-27(29-35-25)23-13-15-24(16-14-23)31(33)34/h2-11,13-16,20H,12,17-19H2,1H3/t20-/m1/s1. The van der Waals surface area contributed by atoms with E-state index in [0.717, 1.165) is 11.1 Å². The van der Waals surface area contributed by atoms with Crippen molar-refractivity contribution in [2.75, 3.05) is 6.54 Å². The number of amides is 1. The summed E-state index contributed by atoms with van der Waals surface area (Å²) in [6.45, 7) is 2.44. The van der Waals surface area contributed by atoms with E-state index in [1.165, 1.54) is 12.1 Å². The van der Waals surface area contributed by atoms with E-state index in [0.29, 0.717) is 43.1 Å². The second-order valence-corrected chi connectivity index (χ2v) is 8.23. The molecule has 8 heteroatoms. The summed E-state index contributed by atoms with van der Waals surface area (Å²) in [6.07, 6.45) is 1.47. The predicted molar refractivity (Wildman–Crippen MR) is 131 cm³/mol. The van der Waals surface area contributed by atoms with E-state index in [-0.39, 0.29) is 17.6 Å². The molecule has 0 saturated carbocycles. The number of benzene rings is 3. The van der Waals surface area contributed by atoms with E-state index in [2.05, 4.69) is 10.1 Å². The molecular weight excluding hydrogens is 444 g/mol. The summed E-state index contributed by atoms with van der Waals surface area (Å²) in [6, 6.07) is 25.7. The van der Waals surface area contributed by atoms with Gasteiger partial charge in [0.05, 0.1) is 11.0 Å². The maximum atomic E-state index is 13.3. The highest BCUT2D eigenvalue weighted by Gasteiger charge is 2.22. The molecule has 0 aliphatic carbocycles. The Kier molecular flexibility index (Phi) is 7.62.